The number of benzene rings is 2. The third kappa shape index (κ3) is 3.14. The van der Waals surface area contributed by atoms with E-state index in [9.17, 15) is 14.9 Å². The Balaban J connectivity index is 2.08. The lowest BCUT2D eigenvalue weighted by molar-refractivity contribution is -0.384. The molecule has 2 aromatic carbocycles. The summed E-state index contributed by atoms with van der Waals surface area (Å²) >= 11 is 0. The lowest BCUT2D eigenvalue weighted by Gasteiger charge is -2.46. The number of nitro groups is 1. The molecule has 0 aliphatic carbocycles. The molecule has 0 spiro atoms. The first-order valence-corrected chi connectivity index (χ1v) is 8.49. The van der Waals surface area contributed by atoms with Gasteiger partial charge in [-0.2, -0.15) is 0 Å². The summed E-state index contributed by atoms with van der Waals surface area (Å²) in [5.74, 6) is -0.333. The number of nitrogens with zero attached hydrogens (tertiary/aromatic N) is 1. The average molecular weight is 354 g/mol. The molecule has 6 heteroatoms. The van der Waals surface area contributed by atoms with Crippen molar-refractivity contribution in [3.05, 3.63) is 69.3 Å². The molecule has 1 N–H and O–H groups in total. The van der Waals surface area contributed by atoms with Gasteiger partial charge in [-0.05, 0) is 18.6 Å². The van der Waals surface area contributed by atoms with Gasteiger partial charge in [-0.3, -0.25) is 14.9 Å². The van der Waals surface area contributed by atoms with Gasteiger partial charge in [-0.25, -0.2) is 0 Å². The van der Waals surface area contributed by atoms with E-state index in [4.69, 9.17) is 4.74 Å². The van der Waals surface area contributed by atoms with Crippen LogP contribution in [-0.4, -0.2) is 10.9 Å². The van der Waals surface area contributed by atoms with E-state index in [2.05, 4.69) is 5.32 Å². The van der Waals surface area contributed by atoms with E-state index in [1.165, 1.54) is 19.1 Å². The van der Waals surface area contributed by atoms with Crippen molar-refractivity contribution >= 4 is 17.3 Å². The Hall–Kier alpha value is -2.89. The molecule has 0 saturated heterocycles. The zero-order valence-corrected chi connectivity index (χ0v) is 15.3. The molecule has 0 fully saturated rings. The molecular weight excluding hydrogens is 332 g/mol. The molecule has 6 nitrogen and oxygen atoms in total. The normalized spacial score (nSPS) is 20.6. The van der Waals surface area contributed by atoms with Gasteiger partial charge in [0.15, 0.2) is 0 Å². The van der Waals surface area contributed by atoms with E-state index in [-0.39, 0.29) is 17.7 Å². The van der Waals surface area contributed by atoms with Gasteiger partial charge in [0.25, 0.3) is 5.69 Å². The first-order chi connectivity index (χ1) is 12.2. The predicted octanol–water partition coefficient (Wildman–Crippen LogP) is 4.70. The molecular formula is C20H22N2O4. The third-order valence-corrected chi connectivity index (χ3v) is 4.93. The molecule has 3 rings (SSSR count). The number of non-ortho nitro benzene ring substituents is 1. The van der Waals surface area contributed by atoms with E-state index in [0.29, 0.717) is 0 Å². The number of ether oxygens (including phenoxy) is 1. The minimum atomic E-state index is -0.456. The van der Waals surface area contributed by atoms with Crippen molar-refractivity contribution in [2.45, 2.75) is 39.8 Å². The standard InChI is InChI=1S/C20H22N2O4/c1-12-5-10-17-16(11-12)19(26-13(2)23)20(3,4)18(21-17)14-6-8-15(9-7-14)22(24)25/h5-11,18-19,21H,1-4H3/t18-,19+/m1/s1. The summed E-state index contributed by atoms with van der Waals surface area (Å²) in [7, 11) is 0. The number of aryl methyl sites for hydroxylation is 1. The van der Waals surface area contributed by atoms with E-state index >= 15 is 0 Å². The summed E-state index contributed by atoms with van der Waals surface area (Å²) < 4.78 is 5.71. The Labute approximate surface area is 152 Å². The monoisotopic (exact) mass is 354 g/mol. The van der Waals surface area contributed by atoms with Gasteiger partial charge >= 0.3 is 5.97 Å². The number of carbonyl (C=O) groups is 1. The van der Waals surface area contributed by atoms with E-state index in [1.807, 2.05) is 39.0 Å². The summed E-state index contributed by atoms with van der Waals surface area (Å²) in [6.07, 6.45) is -0.420. The molecule has 2 atom stereocenters. The summed E-state index contributed by atoms with van der Waals surface area (Å²) in [6, 6.07) is 12.4. The highest BCUT2D eigenvalue weighted by molar-refractivity contribution is 5.68. The number of carbonyl (C=O) groups excluding carboxylic acids is 1. The summed E-state index contributed by atoms with van der Waals surface area (Å²) in [4.78, 5) is 22.2. The maximum absolute atomic E-state index is 11.7. The van der Waals surface area contributed by atoms with Crippen LogP contribution in [0.3, 0.4) is 0 Å². The molecule has 0 amide bonds. The van der Waals surface area contributed by atoms with Gasteiger partial charge in [0.05, 0.1) is 11.0 Å². The van der Waals surface area contributed by atoms with Crippen molar-refractivity contribution in [1.82, 2.24) is 0 Å². The van der Waals surface area contributed by atoms with Gasteiger partial charge in [-0.1, -0.05) is 43.7 Å². The zero-order valence-electron chi connectivity index (χ0n) is 15.3. The maximum Gasteiger partial charge on any atom is 0.303 e. The molecule has 0 saturated carbocycles. The topological polar surface area (TPSA) is 81.5 Å². The first kappa shape index (κ1) is 17.9. The largest absolute Gasteiger partial charge is 0.457 e. The van der Waals surface area contributed by atoms with Gasteiger partial charge < -0.3 is 10.1 Å². The summed E-state index contributed by atoms with van der Waals surface area (Å²) in [5.41, 5.74) is 3.45. The average Bonchev–Trinajstić information content (AvgIpc) is 2.57. The van der Waals surface area contributed by atoms with Crippen molar-refractivity contribution in [2.24, 2.45) is 5.41 Å². The van der Waals surface area contributed by atoms with E-state index in [1.54, 1.807) is 12.1 Å². The number of hydrogen-bond donors (Lipinski definition) is 1. The summed E-state index contributed by atoms with van der Waals surface area (Å²) in [6.45, 7) is 7.48. The van der Waals surface area contributed by atoms with Crippen LogP contribution in [0.1, 0.15) is 49.6 Å². The van der Waals surface area contributed by atoms with Crippen LogP contribution in [0.15, 0.2) is 42.5 Å². The highest BCUT2D eigenvalue weighted by atomic mass is 16.6. The van der Waals surface area contributed by atoms with Crippen LogP contribution >= 0.6 is 0 Å². The Morgan fingerprint density at radius 2 is 1.85 bits per heavy atom. The number of anilines is 1. The quantitative estimate of drug-likeness (QED) is 0.491. The second-order valence-electron chi connectivity index (χ2n) is 7.33. The van der Waals surface area contributed by atoms with Crippen molar-refractivity contribution in [2.75, 3.05) is 5.32 Å². The van der Waals surface area contributed by atoms with Crippen LogP contribution in [0, 0.1) is 22.5 Å². The molecule has 0 aromatic heterocycles. The lowest BCUT2D eigenvalue weighted by atomic mass is 9.70. The van der Waals surface area contributed by atoms with Crippen molar-refractivity contribution in [1.29, 1.82) is 0 Å². The van der Waals surface area contributed by atoms with Crippen LogP contribution in [0.2, 0.25) is 0 Å². The highest BCUT2D eigenvalue weighted by Gasteiger charge is 2.46. The van der Waals surface area contributed by atoms with Crippen molar-refractivity contribution < 1.29 is 14.5 Å². The fraction of sp³-hybridized carbons (Fsp3) is 0.350. The minimum absolute atomic E-state index is 0.0509. The number of esters is 1. The van der Waals surface area contributed by atoms with Gasteiger partial charge in [0, 0.05) is 35.7 Å². The van der Waals surface area contributed by atoms with Crippen molar-refractivity contribution in [3.8, 4) is 0 Å². The van der Waals surface area contributed by atoms with E-state index in [0.717, 1.165) is 22.4 Å². The molecule has 26 heavy (non-hydrogen) atoms. The number of hydrogen-bond acceptors (Lipinski definition) is 5. The third-order valence-electron chi connectivity index (χ3n) is 4.93. The van der Waals surface area contributed by atoms with Crippen molar-refractivity contribution in [3.63, 3.8) is 0 Å². The van der Waals surface area contributed by atoms with Crippen LogP contribution < -0.4 is 5.32 Å². The molecule has 136 valence electrons. The first-order valence-electron chi connectivity index (χ1n) is 8.49. The molecule has 0 radical (unpaired) electrons. The Morgan fingerprint density at radius 3 is 2.42 bits per heavy atom. The highest BCUT2D eigenvalue weighted by Crippen LogP contribution is 2.53. The lowest BCUT2D eigenvalue weighted by Crippen LogP contribution is -2.40. The number of nitro benzene ring substituents is 1. The van der Waals surface area contributed by atoms with Crippen LogP contribution in [0.4, 0.5) is 11.4 Å². The Morgan fingerprint density at radius 1 is 1.19 bits per heavy atom. The van der Waals surface area contributed by atoms with Crippen LogP contribution in [0.5, 0.6) is 0 Å². The fourth-order valence-corrected chi connectivity index (χ4v) is 3.61. The second kappa shape index (κ2) is 6.44. The smallest absolute Gasteiger partial charge is 0.303 e. The number of fused-ring (bicyclic) bond motifs is 1. The molecule has 0 bridgehead atoms. The predicted molar refractivity (Wildman–Crippen MR) is 98.9 cm³/mol. The van der Waals surface area contributed by atoms with Crippen LogP contribution in [-0.2, 0) is 9.53 Å². The minimum Gasteiger partial charge on any atom is -0.457 e. The molecule has 1 aliphatic rings. The van der Waals surface area contributed by atoms with E-state index < -0.39 is 16.4 Å². The molecule has 1 heterocycles. The summed E-state index contributed by atoms with van der Waals surface area (Å²) in [5, 5.41) is 14.4. The molecule has 1 aliphatic heterocycles. The SMILES string of the molecule is CC(=O)O[C@H]1c2cc(C)ccc2N[C@H](c2ccc([N+](=O)[O-])cc2)C1(C)C. The molecule has 0 unspecified atom stereocenters. The Kier molecular flexibility index (Phi) is 4.44. The molecule has 2 aromatic rings. The van der Waals surface area contributed by atoms with Gasteiger partial charge in [0.2, 0.25) is 0 Å². The number of nitrogens with one attached hydrogen (secondary N) is 1. The van der Waals surface area contributed by atoms with Crippen LogP contribution in [0.25, 0.3) is 0 Å². The second-order valence-corrected chi connectivity index (χ2v) is 7.33. The zero-order chi connectivity index (χ0) is 19.1. The Bertz CT molecular complexity index is 859. The fourth-order valence-electron chi connectivity index (χ4n) is 3.61. The van der Waals surface area contributed by atoms with Gasteiger partial charge in [-0.15, -0.1) is 0 Å². The van der Waals surface area contributed by atoms with Gasteiger partial charge in [0.1, 0.15) is 6.10 Å². The number of rotatable bonds is 3. The maximum atomic E-state index is 11.7.